The van der Waals surface area contributed by atoms with Crippen LogP contribution in [0.3, 0.4) is 0 Å². The van der Waals surface area contributed by atoms with E-state index in [1.54, 1.807) is 11.0 Å². The first-order valence-electron chi connectivity index (χ1n) is 7.00. The molecule has 2 rings (SSSR count). The fourth-order valence-corrected chi connectivity index (χ4v) is 2.53. The average molecular weight is 291 g/mol. The average Bonchev–Trinajstić information content (AvgIpc) is 2.45. The van der Waals surface area contributed by atoms with Gasteiger partial charge in [-0.1, -0.05) is 6.07 Å². The molecule has 1 amide bonds. The molecule has 1 fully saturated rings. The normalized spacial score (nSPS) is 19.0. The topological polar surface area (TPSA) is 57.6 Å². The van der Waals surface area contributed by atoms with Crippen molar-refractivity contribution in [2.75, 3.05) is 6.54 Å². The zero-order valence-electron chi connectivity index (χ0n) is 11.9. The molecule has 0 aliphatic carbocycles. The third-order valence-electron chi connectivity index (χ3n) is 3.71. The number of hydrogen-bond donors (Lipinski definition) is 1. The van der Waals surface area contributed by atoms with E-state index in [1.807, 2.05) is 6.92 Å². The number of nitrogens with zero attached hydrogens (tertiary/aromatic N) is 1. The molecule has 1 atom stereocenters. The molecule has 1 saturated heterocycles. The molecule has 1 N–H and O–H groups in total. The summed E-state index contributed by atoms with van der Waals surface area (Å²) < 4.78 is 14.1. The molecule has 1 aromatic carbocycles. The summed E-state index contributed by atoms with van der Waals surface area (Å²) >= 11 is 0. The van der Waals surface area contributed by atoms with Crippen LogP contribution in [0.5, 0.6) is 0 Å². The summed E-state index contributed by atoms with van der Waals surface area (Å²) in [6.07, 6.45) is 5.20. The van der Waals surface area contributed by atoms with Crippen LogP contribution in [-0.4, -0.2) is 34.5 Å². The van der Waals surface area contributed by atoms with Gasteiger partial charge < -0.3 is 10.0 Å². The van der Waals surface area contributed by atoms with E-state index in [-0.39, 0.29) is 17.5 Å². The molecule has 112 valence electrons. The number of hydrogen-bond acceptors (Lipinski definition) is 2. The van der Waals surface area contributed by atoms with Crippen LogP contribution in [0.2, 0.25) is 0 Å². The summed E-state index contributed by atoms with van der Waals surface area (Å²) in [5, 5.41) is 8.54. The van der Waals surface area contributed by atoms with Crippen LogP contribution in [0.4, 0.5) is 4.39 Å². The maximum atomic E-state index is 14.1. The van der Waals surface area contributed by atoms with Gasteiger partial charge >= 0.3 is 5.97 Å². The number of aliphatic carboxylic acids is 1. The van der Waals surface area contributed by atoms with E-state index in [4.69, 9.17) is 5.11 Å². The summed E-state index contributed by atoms with van der Waals surface area (Å²) in [6.45, 7) is 2.62. The van der Waals surface area contributed by atoms with E-state index in [9.17, 15) is 14.0 Å². The summed E-state index contributed by atoms with van der Waals surface area (Å²) in [5.41, 5.74) is 0.453. The van der Waals surface area contributed by atoms with Gasteiger partial charge in [-0.05, 0) is 50.0 Å². The molecular formula is C16H18FNO3. The number of carbonyl (C=O) groups is 2. The van der Waals surface area contributed by atoms with E-state index in [0.29, 0.717) is 12.1 Å². The Bertz CT molecular complexity index is 583. The van der Waals surface area contributed by atoms with Crippen molar-refractivity contribution in [1.29, 1.82) is 0 Å². The van der Waals surface area contributed by atoms with E-state index >= 15 is 0 Å². The van der Waals surface area contributed by atoms with Gasteiger partial charge in [-0.3, -0.25) is 4.79 Å². The van der Waals surface area contributed by atoms with Gasteiger partial charge in [-0.25, -0.2) is 9.18 Å². The van der Waals surface area contributed by atoms with Crippen LogP contribution < -0.4 is 0 Å². The highest BCUT2D eigenvalue weighted by Crippen LogP contribution is 2.21. The maximum absolute atomic E-state index is 14.1. The number of rotatable bonds is 3. The Labute approximate surface area is 122 Å². The van der Waals surface area contributed by atoms with Gasteiger partial charge in [0.2, 0.25) is 0 Å². The molecule has 1 aliphatic heterocycles. The largest absolute Gasteiger partial charge is 0.478 e. The second-order valence-electron chi connectivity index (χ2n) is 5.25. The number of piperidine rings is 1. The number of carboxylic acid groups (broad SMARTS) is 1. The molecular weight excluding hydrogens is 273 g/mol. The minimum Gasteiger partial charge on any atom is -0.478 e. The third kappa shape index (κ3) is 3.68. The van der Waals surface area contributed by atoms with E-state index in [2.05, 4.69) is 0 Å². The van der Waals surface area contributed by atoms with Gasteiger partial charge in [0.05, 0.1) is 5.56 Å². The smallest absolute Gasteiger partial charge is 0.328 e. The predicted octanol–water partition coefficient (Wildman–Crippen LogP) is 2.94. The number of benzene rings is 1. The lowest BCUT2D eigenvalue weighted by molar-refractivity contribution is -0.131. The lowest BCUT2D eigenvalue weighted by atomic mass is 10.0. The van der Waals surface area contributed by atoms with Gasteiger partial charge in [0.25, 0.3) is 5.91 Å². The van der Waals surface area contributed by atoms with Crippen molar-refractivity contribution in [3.05, 3.63) is 41.2 Å². The summed E-state index contributed by atoms with van der Waals surface area (Å²) in [5.74, 6) is -2.02. The Hall–Kier alpha value is -2.17. The molecule has 0 spiro atoms. The number of amides is 1. The highest BCUT2D eigenvalue weighted by molar-refractivity contribution is 5.95. The first-order valence-corrected chi connectivity index (χ1v) is 7.00. The van der Waals surface area contributed by atoms with Crippen molar-refractivity contribution in [1.82, 2.24) is 4.90 Å². The lowest BCUT2D eigenvalue weighted by Crippen LogP contribution is -2.42. The van der Waals surface area contributed by atoms with Crippen LogP contribution in [0, 0.1) is 5.82 Å². The SMILES string of the molecule is CC1CCCCN1C(=O)c1ccc(C=CC(=O)O)cc1F. The van der Waals surface area contributed by atoms with Crippen molar-refractivity contribution in [2.45, 2.75) is 32.2 Å². The summed E-state index contributed by atoms with van der Waals surface area (Å²) in [7, 11) is 0. The van der Waals surface area contributed by atoms with Gasteiger partial charge in [-0.2, -0.15) is 0 Å². The zero-order valence-corrected chi connectivity index (χ0v) is 11.9. The monoisotopic (exact) mass is 291 g/mol. The van der Waals surface area contributed by atoms with Crippen LogP contribution in [0.25, 0.3) is 6.08 Å². The molecule has 0 radical (unpaired) electrons. The fourth-order valence-electron chi connectivity index (χ4n) is 2.53. The Balaban J connectivity index is 2.20. The van der Waals surface area contributed by atoms with Gasteiger partial charge in [0.1, 0.15) is 5.82 Å². The quantitative estimate of drug-likeness (QED) is 0.871. The highest BCUT2D eigenvalue weighted by atomic mass is 19.1. The van der Waals surface area contributed by atoms with Gasteiger partial charge in [-0.15, -0.1) is 0 Å². The Morgan fingerprint density at radius 2 is 2.14 bits per heavy atom. The number of carbonyl (C=O) groups excluding carboxylic acids is 1. The Morgan fingerprint density at radius 1 is 1.38 bits per heavy atom. The number of likely N-dealkylation sites (tertiary alicyclic amines) is 1. The molecule has 0 aromatic heterocycles. The first kappa shape index (κ1) is 15.2. The van der Waals surface area contributed by atoms with E-state index < -0.39 is 11.8 Å². The number of carboxylic acids is 1. The maximum Gasteiger partial charge on any atom is 0.328 e. The molecule has 1 aromatic rings. The highest BCUT2D eigenvalue weighted by Gasteiger charge is 2.25. The van der Waals surface area contributed by atoms with E-state index in [1.165, 1.54) is 18.2 Å². The van der Waals surface area contributed by atoms with Crippen LogP contribution in [-0.2, 0) is 4.79 Å². The molecule has 0 bridgehead atoms. The summed E-state index contributed by atoms with van der Waals surface area (Å²) in [6, 6.07) is 4.27. The third-order valence-corrected chi connectivity index (χ3v) is 3.71. The molecule has 1 unspecified atom stereocenters. The minimum atomic E-state index is -1.10. The minimum absolute atomic E-state index is 0.0382. The van der Waals surface area contributed by atoms with Crippen molar-refractivity contribution in [3.8, 4) is 0 Å². The van der Waals surface area contributed by atoms with Gasteiger partial charge in [0, 0.05) is 18.7 Å². The zero-order chi connectivity index (χ0) is 15.4. The molecule has 4 nitrogen and oxygen atoms in total. The standard InChI is InChI=1S/C16H18FNO3/c1-11-4-2-3-9-18(11)16(21)13-7-5-12(10-14(13)17)6-8-15(19)20/h5-8,10-11H,2-4,9H2,1H3,(H,19,20). The molecule has 5 heteroatoms. The Morgan fingerprint density at radius 3 is 2.76 bits per heavy atom. The second kappa shape index (κ2) is 6.52. The predicted molar refractivity (Wildman–Crippen MR) is 77.4 cm³/mol. The first-order chi connectivity index (χ1) is 9.99. The molecule has 0 saturated carbocycles. The summed E-state index contributed by atoms with van der Waals surface area (Å²) in [4.78, 5) is 24.5. The number of halogens is 1. The lowest BCUT2D eigenvalue weighted by Gasteiger charge is -2.33. The fraction of sp³-hybridized carbons (Fsp3) is 0.375. The van der Waals surface area contributed by atoms with E-state index in [0.717, 1.165) is 25.3 Å². The molecule has 21 heavy (non-hydrogen) atoms. The Kier molecular flexibility index (Phi) is 4.73. The van der Waals surface area contributed by atoms with Crippen molar-refractivity contribution in [3.63, 3.8) is 0 Å². The van der Waals surface area contributed by atoms with Crippen LogP contribution in [0.1, 0.15) is 42.1 Å². The second-order valence-corrected chi connectivity index (χ2v) is 5.25. The van der Waals surface area contributed by atoms with Crippen molar-refractivity contribution >= 4 is 18.0 Å². The van der Waals surface area contributed by atoms with Gasteiger partial charge in [0.15, 0.2) is 0 Å². The van der Waals surface area contributed by atoms with Crippen molar-refractivity contribution in [2.24, 2.45) is 0 Å². The molecule has 1 aliphatic rings. The van der Waals surface area contributed by atoms with Crippen LogP contribution in [0.15, 0.2) is 24.3 Å². The van der Waals surface area contributed by atoms with Crippen LogP contribution >= 0.6 is 0 Å². The molecule has 1 heterocycles. The van der Waals surface area contributed by atoms with Crippen molar-refractivity contribution < 1.29 is 19.1 Å².